The van der Waals surface area contributed by atoms with E-state index < -0.39 is 0 Å². The first-order chi connectivity index (χ1) is 10.6. The summed E-state index contributed by atoms with van der Waals surface area (Å²) in [6, 6.07) is 7.16. The van der Waals surface area contributed by atoms with Gasteiger partial charge in [0.25, 0.3) is 0 Å². The summed E-state index contributed by atoms with van der Waals surface area (Å²) in [6.07, 6.45) is 1.94. The summed E-state index contributed by atoms with van der Waals surface area (Å²) in [5.74, 6) is 1.10. The molecule has 5 heteroatoms. The van der Waals surface area contributed by atoms with Crippen LogP contribution in [0.5, 0.6) is 5.75 Å². The number of carbonyl (C=O) groups excluding carboxylic acids is 2. The predicted octanol–water partition coefficient (Wildman–Crippen LogP) is 2.06. The van der Waals surface area contributed by atoms with E-state index in [2.05, 4.69) is 0 Å². The SMILES string of the molecule is CCOc1ccc(N2CCN(C(=O)C3CC3)[C@H](C)C2=O)cc1. The molecule has 2 aliphatic rings. The maximum atomic E-state index is 12.6. The summed E-state index contributed by atoms with van der Waals surface area (Å²) in [5, 5.41) is 0. The second kappa shape index (κ2) is 5.99. The highest BCUT2D eigenvalue weighted by Crippen LogP contribution is 2.33. The van der Waals surface area contributed by atoms with Crippen LogP contribution < -0.4 is 9.64 Å². The molecule has 1 heterocycles. The lowest BCUT2D eigenvalue weighted by Crippen LogP contribution is -2.58. The number of nitrogens with zero attached hydrogens (tertiary/aromatic N) is 2. The highest BCUT2D eigenvalue weighted by atomic mass is 16.5. The molecule has 1 saturated heterocycles. The van der Waals surface area contributed by atoms with Gasteiger partial charge in [0.2, 0.25) is 11.8 Å². The first-order valence-electron chi connectivity index (χ1n) is 7.96. The standard InChI is InChI=1S/C17H22N2O3/c1-3-22-15-8-6-14(7-9-15)19-11-10-18(12(2)16(19)20)17(21)13-4-5-13/h6-9,12-13H,3-5,10-11H2,1-2H3/t12-/m1/s1. The van der Waals surface area contributed by atoms with E-state index in [0.717, 1.165) is 24.3 Å². The van der Waals surface area contributed by atoms with Gasteiger partial charge in [0.05, 0.1) is 6.61 Å². The minimum Gasteiger partial charge on any atom is -0.494 e. The molecule has 2 amide bonds. The van der Waals surface area contributed by atoms with Gasteiger partial charge in [-0.05, 0) is 51.0 Å². The molecule has 0 bridgehead atoms. The van der Waals surface area contributed by atoms with Crippen molar-refractivity contribution in [2.75, 3.05) is 24.6 Å². The van der Waals surface area contributed by atoms with Gasteiger partial charge in [0, 0.05) is 24.7 Å². The van der Waals surface area contributed by atoms with Gasteiger partial charge in [-0.25, -0.2) is 0 Å². The number of amides is 2. The fraction of sp³-hybridized carbons (Fsp3) is 0.529. The summed E-state index contributed by atoms with van der Waals surface area (Å²) in [7, 11) is 0. The normalized spacial score (nSPS) is 21.9. The van der Waals surface area contributed by atoms with Gasteiger partial charge in [0.1, 0.15) is 11.8 Å². The third kappa shape index (κ3) is 2.80. The third-order valence-electron chi connectivity index (χ3n) is 4.32. The minimum atomic E-state index is -0.381. The lowest BCUT2D eigenvalue weighted by Gasteiger charge is -2.39. The van der Waals surface area contributed by atoms with Crippen LogP contribution in [0.3, 0.4) is 0 Å². The molecule has 22 heavy (non-hydrogen) atoms. The van der Waals surface area contributed by atoms with E-state index in [1.807, 2.05) is 38.1 Å². The maximum absolute atomic E-state index is 12.6. The molecule has 1 aliphatic heterocycles. The molecule has 0 spiro atoms. The first-order valence-corrected chi connectivity index (χ1v) is 7.96. The molecule has 1 atom stereocenters. The zero-order valence-corrected chi connectivity index (χ0v) is 13.1. The smallest absolute Gasteiger partial charge is 0.249 e. The monoisotopic (exact) mass is 302 g/mol. The Bertz CT molecular complexity index is 566. The van der Waals surface area contributed by atoms with Crippen LogP contribution in [0.1, 0.15) is 26.7 Å². The first kappa shape index (κ1) is 14.9. The largest absolute Gasteiger partial charge is 0.494 e. The topological polar surface area (TPSA) is 49.9 Å². The molecule has 0 unspecified atom stereocenters. The average Bonchev–Trinajstić information content (AvgIpc) is 3.35. The summed E-state index contributed by atoms with van der Waals surface area (Å²) in [5.41, 5.74) is 0.860. The molecule has 118 valence electrons. The van der Waals surface area contributed by atoms with E-state index in [4.69, 9.17) is 4.74 Å². The zero-order chi connectivity index (χ0) is 15.7. The third-order valence-corrected chi connectivity index (χ3v) is 4.32. The number of rotatable bonds is 4. The molecule has 2 fully saturated rings. The van der Waals surface area contributed by atoms with Gasteiger partial charge < -0.3 is 14.5 Å². The molecule has 1 aromatic carbocycles. The Morgan fingerprint density at radius 2 is 1.91 bits per heavy atom. The van der Waals surface area contributed by atoms with Gasteiger partial charge in [-0.15, -0.1) is 0 Å². The van der Waals surface area contributed by atoms with Crippen molar-refractivity contribution >= 4 is 17.5 Å². The van der Waals surface area contributed by atoms with Crippen molar-refractivity contribution in [3.63, 3.8) is 0 Å². The number of benzene rings is 1. The van der Waals surface area contributed by atoms with Crippen LogP contribution in [0.4, 0.5) is 5.69 Å². The fourth-order valence-electron chi connectivity index (χ4n) is 2.88. The molecule has 1 aromatic rings. The number of piperazine rings is 1. The van der Waals surface area contributed by atoms with Crippen molar-refractivity contribution in [3.05, 3.63) is 24.3 Å². The van der Waals surface area contributed by atoms with Gasteiger partial charge in [-0.3, -0.25) is 9.59 Å². The van der Waals surface area contributed by atoms with Crippen molar-refractivity contribution in [2.45, 2.75) is 32.7 Å². The summed E-state index contributed by atoms with van der Waals surface area (Å²) in [6.45, 7) is 5.54. The quantitative estimate of drug-likeness (QED) is 0.855. The lowest BCUT2D eigenvalue weighted by atomic mass is 10.1. The molecule has 0 aromatic heterocycles. The number of anilines is 1. The second-order valence-corrected chi connectivity index (χ2v) is 5.90. The Labute approximate surface area is 130 Å². The van der Waals surface area contributed by atoms with Crippen molar-refractivity contribution < 1.29 is 14.3 Å². The number of hydrogen-bond acceptors (Lipinski definition) is 3. The highest BCUT2D eigenvalue weighted by Gasteiger charge is 2.40. The molecular formula is C17H22N2O3. The van der Waals surface area contributed by atoms with E-state index in [1.54, 1.807) is 9.80 Å². The van der Waals surface area contributed by atoms with Crippen LogP contribution in [-0.4, -0.2) is 42.5 Å². The van der Waals surface area contributed by atoms with Crippen LogP contribution in [0.25, 0.3) is 0 Å². The molecule has 1 aliphatic carbocycles. The van der Waals surface area contributed by atoms with Crippen molar-refractivity contribution in [2.24, 2.45) is 5.92 Å². The molecule has 5 nitrogen and oxygen atoms in total. The lowest BCUT2D eigenvalue weighted by molar-refractivity contribution is -0.141. The number of hydrogen-bond donors (Lipinski definition) is 0. The fourth-order valence-corrected chi connectivity index (χ4v) is 2.88. The Morgan fingerprint density at radius 3 is 2.50 bits per heavy atom. The predicted molar refractivity (Wildman–Crippen MR) is 83.9 cm³/mol. The van der Waals surface area contributed by atoms with Crippen molar-refractivity contribution in [3.8, 4) is 5.75 Å². The van der Waals surface area contributed by atoms with E-state index in [9.17, 15) is 9.59 Å². The Hall–Kier alpha value is -2.04. The molecule has 0 N–H and O–H groups in total. The van der Waals surface area contributed by atoms with E-state index in [0.29, 0.717) is 19.7 Å². The summed E-state index contributed by atoms with van der Waals surface area (Å²) in [4.78, 5) is 28.3. The Kier molecular flexibility index (Phi) is 4.05. The van der Waals surface area contributed by atoms with E-state index in [-0.39, 0.29) is 23.8 Å². The average molecular weight is 302 g/mol. The van der Waals surface area contributed by atoms with Crippen molar-refractivity contribution in [1.29, 1.82) is 0 Å². The van der Waals surface area contributed by atoms with Crippen LogP contribution in [0, 0.1) is 5.92 Å². The Balaban J connectivity index is 1.71. The van der Waals surface area contributed by atoms with Gasteiger partial charge >= 0.3 is 0 Å². The van der Waals surface area contributed by atoms with Gasteiger partial charge in [-0.1, -0.05) is 0 Å². The number of ether oxygens (including phenoxy) is 1. The maximum Gasteiger partial charge on any atom is 0.249 e. The van der Waals surface area contributed by atoms with Crippen LogP contribution in [-0.2, 0) is 9.59 Å². The van der Waals surface area contributed by atoms with Gasteiger partial charge in [0.15, 0.2) is 0 Å². The molecule has 0 radical (unpaired) electrons. The summed E-state index contributed by atoms with van der Waals surface area (Å²) >= 11 is 0. The molecule has 3 rings (SSSR count). The summed E-state index contributed by atoms with van der Waals surface area (Å²) < 4.78 is 5.42. The number of carbonyl (C=O) groups is 2. The van der Waals surface area contributed by atoms with Gasteiger partial charge in [-0.2, -0.15) is 0 Å². The van der Waals surface area contributed by atoms with E-state index in [1.165, 1.54) is 0 Å². The zero-order valence-electron chi connectivity index (χ0n) is 13.1. The second-order valence-electron chi connectivity index (χ2n) is 5.90. The molecule has 1 saturated carbocycles. The van der Waals surface area contributed by atoms with Crippen LogP contribution in [0.15, 0.2) is 24.3 Å². The highest BCUT2D eigenvalue weighted by molar-refractivity contribution is 6.00. The van der Waals surface area contributed by atoms with Crippen molar-refractivity contribution in [1.82, 2.24) is 4.90 Å². The Morgan fingerprint density at radius 1 is 1.23 bits per heavy atom. The van der Waals surface area contributed by atoms with Crippen LogP contribution >= 0.6 is 0 Å². The molecular weight excluding hydrogens is 280 g/mol. The van der Waals surface area contributed by atoms with Crippen LogP contribution in [0.2, 0.25) is 0 Å². The minimum absolute atomic E-state index is 0.00981. The van der Waals surface area contributed by atoms with E-state index >= 15 is 0 Å².